The molecule has 24 heavy (non-hydrogen) atoms. The predicted octanol–water partition coefficient (Wildman–Crippen LogP) is 2.18. The maximum atomic E-state index is 11.3. The monoisotopic (exact) mass is 336 g/mol. The van der Waals surface area contributed by atoms with Gasteiger partial charge in [0.2, 0.25) is 0 Å². The summed E-state index contributed by atoms with van der Waals surface area (Å²) < 4.78 is 0. The second-order valence-electron chi connectivity index (χ2n) is 9.24. The molecule has 0 heterocycles. The number of rotatable bonds is 3. The van der Waals surface area contributed by atoms with Crippen molar-refractivity contribution in [1.29, 1.82) is 0 Å². The normalized spacial score (nSPS) is 52.3. The van der Waals surface area contributed by atoms with Gasteiger partial charge in [0.15, 0.2) is 0 Å². The Bertz CT molecular complexity index is 496. The minimum atomic E-state index is -0.324. The molecule has 6 N–H and O–H groups in total. The molecule has 3 rings (SSSR count). The van der Waals surface area contributed by atoms with E-state index >= 15 is 0 Å². The third-order valence-corrected chi connectivity index (χ3v) is 8.17. The van der Waals surface area contributed by atoms with Crippen molar-refractivity contribution >= 4 is 0 Å². The summed E-state index contributed by atoms with van der Waals surface area (Å²) in [6.45, 7) is 9.48. The lowest BCUT2D eigenvalue weighted by molar-refractivity contribution is -0.119. The van der Waals surface area contributed by atoms with Crippen LogP contribution in [0.15, 0.2) is 12.2 Å². The number of hydrogen-bond donors (Lipinski definition) is 4. The summed E-state index contributed by atoms with van der Waals surface area (Å²) in [5.74, 6) is 0.896. The molecule has 0 spiro atoms. The Morgan fingerprint density at radius 1 is 1.12 bits per heavy atom. The molecular weight excluding hydrogens is 300 g/mol. The van der Waals surface area contributed by atoms with Gasteiger partial charge in [-0.2, -0.15) is 0 Å². The fraction of sp³-hybridized carbons (Fsp3) is 0.900. The number of aliphatic hydroxyl groups excluding tert-OH is 2. The zero-order chi connectivity index (χ0) is 17.7. The molecule has 0 aliphatic heterocycles. The van der Waals surface area contributed by atoms with Gasteiger partial charge in [0.25, 0.3) is 0 Å². The first-order valence-corrected chi connectivity index (χ1v) is 9.75. The van der Waals surface area contributed by atoms with E-state index in [-0.39, 0.29) is 40.9 Å². The van der Waals surface area contributed by atoms with E-state index in [1.54, 1.807) is 0 Å². The fourth-order valence-electron chi connectivity index (χ4n) is 6.36. The van der Waals surface area contributed by atoms with Gasteiger partial charge in [-0.1, -0.05) is 26.0 Å². The summed E-state index contributed by atoms with van der Waals surface area (Å²) in [7, 11) is 0. The zero-order valence-corrected chi connectivity index (χ0v) is 15.4. The number of nitrogens with two attached hydrogens (primary N) is 2. The molecule has 0 aromatic heterocycles. The van der Waals surface area contributed by atoms with Crippen molar-refractivity contribution in [3.63, 3.8) is 0 Å². The van der Waals surface area contributed by atoms with E-state index in [1.807, 2.05) is 0 Å². The first-order chi connectivity index (χ1) is 11.2. The maximum absolute atomic E-state index is 11.3. The first-order valence-electron chi connectivity index (χ1n) is 9.75. The van der Waals surface area contributed by atoms with Gasteiger partial charge in [-0.05, 0) is 80.1 Å². The minimum Gasteiger partial charge on any atom is -0.393 e. The Hall–Kier alpha value is -0.420. The van der Waals surface area contributed by atoms with Crippen LogP contribution in [0, 0.1) is 28.6 Å². The Labute approximate surface area is 146 Å². The van der Waals surface area contributed by atoms with E-state index in [4.69, 9.17) is 11.5 Å². The highest BCUT2D eigenvalue weighted by molar-refractivity contribution is 5.26. The largest absolute Gasteiger partial charge is 0.393 e. The maximum Gasteiger partial charge on any atom is 0.0610 e. The minimum absolute atomic E-state index is 0.0107. The van der Waals surface area contributed by atoms with Crippen molar-refractivity contribution < 1.29 is 10.2 Å². The molecule has 0 amide bonds. The van der Waals surface area contributed by atoms with Gasteiger partial charge in [0.1, 0.15) is 0 Å². The Kier molecular flexibility index (Phi) is 4.89. The van der Waals surface area contributed by atoms with Crippen LogP contribution >= 0.6 is 0 Å². The van der Waals surface area contributed by atoms with Gasteiger partial charge in [0, 0.05) is 6.04 Å². The molecule has 3 fully saturated rings. The van der Waals surface area contributed by atoms with Crippen LogP contribution in [0.4, 0.5) is 0 Å². The van der Waals surface area contributed by atoms with Gasteiger partial charge in [-0.15, -0.1) is 0 Å². The molecule has 4 heteroatoms. The highest BCUT2D eigenvalue weighted by Crippen LogP contribution is 2.61. The lowest BCUT2D eigenvalue weighted by atomic mass is 9.51. The molecule has 0 saturated heterocycles. The predicted molar refractivity (Wildman–Crippen MR) is 97.2 cm³/mol. The first kappa shape index (κ1) is 18.4. The number of aliphatic hydroxyl groups is 2. The van der Waals surface area contributed by atoms with Crippen LogP contribution in [0.2, 0.25) is 0 Å². The van der Waals surface area contributed by atoms with Crippen molar-refractivity contribution in [2.45, 2.75) is 77.0 Å². The van der Waals surface area contributed by atoms with Crippen molar-refractivity contribution in [3.8, 4) is 0 Å². The van der Waals surface area contributed by atoms with Crippen LogP contribution in [0.25, 0.3) is 0 Å². The standard InChI is InChI=1S/C20H36N2O2/c1-12-17(22)11-16-18(24)15(5-8-19(12,16)2)20(3)7-4-14(23)10-13(20)6-9-21/h13-18,23-24H,1,4-11,21-22H2,2-3H3/t13-,14-,15?,16?,17?,18+,19+,20-/m0/s1. The molecule has 3 saturated carbocycles. The summed E-state index contributed by atoms with van der Waals surface area (Å²) in [6.07, 6.45) is 6.00. The molecule has 0 radical (unpaired) electrons. The Morgan fingerprint density at radius 3 is 2.50 bits per heavy atom. The van der Waals surface area contributed by atoms with Gasteiger partial charge >= 0.3 is 0 Å². The number of hydrogen-bond acceptors (Lipinski definition) is 4. The van der Waals surface area contributed by atoms with Gasteiger partial charge < -0.3 is 21.7 Å². The lowest BCUT2D eigenvalue weighted by Crippen LogP contribution is -2.53. The van der Waals surface area contributed by atoms with Crippen molar-refractivity contribution in [2.24, 2.45) is 40.1 Å². The van der Waals surface area contributed by atoms with E-state index in [9.17, 15) is 10.2 Å². The van der Waals surface area contributed by atoms with Crippen molar-refractivity contribution in [3.05, 3.63) is 12.2 Å². The molecule has 0 bridgehead atoms. The lowest BCUT2D eigenvalue weighted by Gasteiger charge is -2.55. The topological polar surface area (TPSA) is 92.5 Å². The second kappa shape index (κ2) is 6.39. The third kappa shape index (κ3) is 2.66. The van der Waals surface area contributed by atoms with Gasteiger partial charge in [-0.3, -0.25) is 0 Å². The molecule has 138 valence electrons. The summed E-state index contributed by atoms with van der Waals surface area (Å²) in [4.78, 5) is 0. The molecule has 3 unspecified atom stereocenters. The van der Waals surface area contributed by atoms with E-state index < -0.39 is 0 Å². The van der Waals surface area contributed by atoms with Crippen LogP contribution in [0.5, 0.6) is 0 Å². The Morgan fingerprint density at radius 2 is 1.83 bits per heavy atom. The summed E-state index contributed by atoms with van der Waals surface area (Å²) in [6, 6.07) is 0.0224. The van der Waals surface area contributed by atoms with E-state index in [0.717, 1.165) is 50.5 Å². The van der Waals surface area contributed by atoms with Crippen LogP contribution in [0.1, 0.15) is 58.8 Å². The SMILES string of the molecule is C=C1C(N)CC2[C@H](O)C([C@@]3(C)CC[C@H](O)C[C@@H]3CCN)CC[C@]12C. The molecule has 4 nitrogen and oxygen atoms in total. The average molecular weight is 337 g/mol. The van der Waals surface area contributed by atoms with Crippen LogP contribution in [-0.2, 0) is 0 Å². The van der Waals surface area contributed by atoms with Gasteiger partial charge in [-0.25, -0.2) is 0 Å². The highest BCUT2D eigenvalue weighted by atomic mass is 16.3. The molecular formula is C20H36N2O2. The smallest absolute Gasteiger partial charge is 0.0610 e. The quantitative estimate of drug-likeness (QED) is 0.594. The molecule has 3 aliphatic rings. The van der Waals surface area contributed by atoms with E-state index in [0.29, 0.717) is 12.5 Å². The summed E-state index contributed by atoms with van der Waals surface area (Å²) in [5.41, 5.74) is 13.3. The van der Waals surface area contributed by atoms with Crippen LogP contribution in [0.3, 0.4) is 0 Å². The summed E-state index contributed by atoms with van der Waals surface area (Å²) >= 11 is 0. The molecule has 8 atom stereocenters. The second-order valence-corrected chi connectivity index (χ2v) is 9.24. The average Bonchev–Trinajstić information content (AvgIpc) is 2.76. The molecule has 3 aliphatic carbocycles. The third-order valence-electron chi connectivity index (χ3n) is 8.17. The fourth-order valence-corrected chi connectivity index (χ4v) is 6.36. The molecule has 0 aromatic rings. The van der Waals surface area contributed by atoms with Crippen LogP contribution in [-0.4, -0.2) is 35.0 Å². The Balaban J connectivity index is 1.85. The van der Waals surface area contributed by atoms with Crippen molar-refractivity contribution in [1.82, 2.24) is 0 Å². The van der Waals surface area contributed by atoms with Gasteiger partial charge in [0.05, 0.1) is 12.2 Å². The van der Waals surface area contributed by atoms with Crippen molar-refractivity contribution in [2.75, 3.05) is 6.54 Å². The number of fused-ring (bicyclic) bond motifs is 1. The van der Waals surface area contributed by atoms with E-state index in [2.05, 4.69) is 20.4 Å². The van der Waals surface area contributed by atoms with Crippen LogP contribution < -0.4 is 11.5 Å². The summed E-state index contributed by atoms with van der Waals surface area (Å²) in [5, 5.41) is 21.5. The van der Waals surface area contributed by atoms with E-state index in [1.165, 1.54) is 0 Å². The zero-order valence-electron chi connectivity index (χ0n) is 15.4. The molecule has 0 aromatic carbocycles. The highest BCUT2D eigenvalue weighted by Gasteiger charge is 2.57.